The number of likely N-dealkylation sites (tertiary alicyclic amines) is 1. The van der Waals surface area contributed by atoms with Crippen LogP contribution in [-0.2, 0) is 6.54 Å². The van der Waals surface area contributed by atoms with Crippen molar-refractivity contribution in [3.63, 3.8) is 0 Å². The van der Waals surface area contributed by atoms with Crippen LogP contribution in [0.2, 0.25) is 5.02 Å². The van der Waals surface area contributed by atoms with Crippen molar-refractivity contribution in [2.75, 3.05) is 19.6 Å². The number of non-ortho nitro benzene ring substituents is 1. The molecule has 0 saturated carbocycles. The summed E-state index contributed by atoms with van der Waals surface area (Å²) in [5.74, 6) is 0. The molecule has 6 heteroatoms. The highest BCUT2D eigenvalue weighted by Gasteiger charge is 2.16. The van der Waals surface area contributed by atoms with Crippen LogP contribution < -0.4 is 5.32 Å². The molecule has 0 aromatic heterocycles. The highest BCUT2D eigenvalue weighted by molar-refractivity contribution is 6.31. The number of halogens is 1. The molecule has 1 aromatic rings. The van der Waals surface area contributed by atoms with Gasteiger partial charge in [-0.05, 0) is 44.5 Å². The van der Waals surface area contributed by atoms with Crippen LogP contribution >= 0.6 is 11.6 Å². The fourth-order valence-electron chi connectivity index (χ4n) is 2.70. The fourth-order valence-corrected chi connectivity index (χ4v) is 2.94. The lowest BCUT2D eigenvalue weighted by Crippen LogP contribution is -2.42. The van der Waals surface area contributed by atoms with Crippen LogP contribution in [0.5, 0.6) is 0 Å². The lowest BCUT2D eigenvalue weighted by atomic mass is 10.1. The van der Waals surface area contributed by atoms with E-state index < -0.39 is 4.92 Å². The Kier molecular flexibility index (Phi) is 5.96. The molecule has 1 unspecified atom stereocenters. The van der Waals surface area contributed by atoms with E-state index in [9.17, 15) is 10.1 Å². The van der Waals surface area contributed by atoms with Crippen molar-refractivity contribution in [2.24, 2.45) is 0 Å². The molecule has 0 amide bonds. The number of piperidine rings is 1. The molecule has 1 aliphatic heterocycles. The summed E-state index contributed by atoms with van der Waals surface area (Å²) in [7, 11) is 0. The topological polar surface area (TPSA) is 58.4 Å². The Morgan fingerprint density at radius 1 is 1.38 bits per heavy atom. The van der Waals surface area contributed by atoms with E-state index in [1.807, 2.05) is 0 Å². The monoisotopic (exact) mass is 311 g/mol. The first-order chi connectivity index (χ1) is 10.1. The third-order valence-electron chi connectivity index (χ3n) is 4.02. The molecule has 21 heavy (non-hydrogen) atoms. The largest absolute Gasteiger partial charge is 0.311 e. The summed E-state index contributed by atoms with van der Waals surface area (Å²) in [6, 6.07) is 5.13. The molecule has 1 fully saturated rings. The summed E-state index contributed by atoms with van der Waals surface area (Å²) in [6.07, 6.45) is 3.92. The van der Waals surface area contributed by atoms with Gasteiger partial charge >= 0.3 is 0 Å². The molecule has 0 bridgehead atoms. The van der Waals surface area contributed by atoms with Gasteiger partial charge in [-0.15, -0.1) is 0 Å². The molecule has 1 aliphatic rings. The van der Waals surface area contributed by atoms with E-state index in [0.29, 0.717) is 17.6 Å². The molecular weight excluding hydrogens is 290 g/mol. The average Bonchev–Trinajstić information content (AvgIpc) is 2.49. The summed E-state index contributed by atoms with van der Waals surface area (Å²) in [6.45, 7) is 6.13. The minimum atomic E-state index is -0.429. The van der Waals surface area contributed by atoms with Crippen LogP contribution in [0.4, 0.5) is 5.69 Å². The lowest BCUT2D eigenvalue weighted by Gasteiger charge is -2.32. The minimum Gasteiger partial charge on any atom is -0.311 e. The lowest BCUT2D eigenvalue weighted by molar-refractivity contribution is -0.384. The normalized spacial score (nSPS) is 17.6. The van der Waals surface area contributed by atoms with Gasteiger partial charge in [-0.25, -0.2) is 0 Å². The van der Waals surface area contributed by atoms with Gasteiger partial charge in [0.15, 0.2) is 0 Å². The van der Waals surface area contributed by atoms with Crippen LogP contribution in [0.15, 0.2) is 18.2 Å². The number of hydrogen-bond donors (Lipinski definition) is 1. The van der Waals surface area contributed by atoms with Gasteiger partial charge in [0.25, 0.3) is 5.69 Å². The number of hydrogen-bond acceptors (Lipinski definition) is 4. The van der Waals surface area contributed by atoms with Crippen molar-refractivity contribution < 1.29 is 4.92 Å². The maximum atomic E-state index is 10.7. The second-order valence-corrected chi connectivity index (χ2v) is 6.02. The van der Waals surface area contributed by atoms with Gasteiger partial charge in [0.05, 0.1) is 9.95 Å². The van der Waals surface area contributed by atoms with Crippen molar-refractivity contribution in [1.29, 1.82) is 0 Å². The molecule has 1 saturated heterocycles. The molecule has 0 radical (unpaired) electrons. The quantitative estimate of drug-likeness (QED) is 0.647. The maximum absolute atomic E-state index is 10.7. The van der Waals surface area contributed by atoms with Gasteiger partial charge in [-0.2, -0.15) is 0 Å². The van der Waals surface area contributed by atoms with Crippen molar-refractivity contribution >= 4 is 17.3 Å². The van der Waals surface area contributed by atoms with Gasteiger partial charge in [-0.1, -0.05) is 18.0 Å². The molecule has 1 N–H and O–H groups in total. The number of benzene rings is 1. The Morgan fingerprint density at radius 3 is 2.71 bits per heavy atom. The summed E-state index contributed by atoms with van der Waals surface area (Å²) in [4.78, 5) is 12.7. The molecular formula is C15H22ClN3O2. The Morgan fingerprint density at radius 2 is 2.10 bits per heavy atom. The molecule has 1 heterocycles. The molecule has 0 aliphatic carbocycles. The predicted octanol–water partition coefficient (Wildman–Crippen LogP) is 3.21. The van der Waals surface area contributed by atoms with Gasteiger partial charge in [-0.3, -0.25) is 15.0 Å². The predicted molar refractivity (Wildman–Crippen MR) is 84.7 cm³/mol. The van der Waals surface area contributed by atoms with Crippen molar-refractivity contribution in [3.8, 4) is 0 Å². The molecule has 1 atom stereocenters. The molecule has 0 spiro atoms. The van der Waals surface area contributed by atoms with Crippen molar-refractivity contribution in [3.05, 3.63) is 38.9 Å². The van der Waals surface area contributed by atoms with E-state index in [4.69, 9.17) is 11.6 Å². The number of nitrogens with zero attached hydrogens (tertiary/aromatic N) is 2. The number of nitrogens with one attached hydrogen (secondary N) is 1. The standard InChI is InChI=1S/C15H22ClN3O2/c1-12(18-7-3-2-4-8-18)10-17-11-13-5-6-14(19(20)21)9-15(13)16/h5-6,9,12,17H,2-4,7-8,10-11H2,1H3. The van der Waals surface area contributed by atoms with E-state index in [2.05, 4.69) is 17.1 Å². The first-order valence-electron chi connectivity index (χ1n) is 7.45. The highest BCUT2D eigenvalue weighted by Crippen LogP contribution is 2.22. The van der Waals surface area contributed by atoms with Crippen LogP contribution in [0.1, 0.15) is 31.7 Å². The fraction of sp³-hybridized carbons (Fsp3) is 0.600. The second kappa shape index (κ2) is 7.73. The Hall–Kier alpha value is -1.17. The third-order valence-corrected chi connectivity index (χ3v) is 4.37. The van der Waals surface area contributed by atoms with Gasteiger partial charge in [0, 0.05) is 31.3 Å². The smallest absolute Gasteiger partial charge is 0.270 e. The van der Waals surface area contributed by atoms with Gasteiger partial charge in [0.2, 0.25) is 0 Å². The first-order valence-corrected chi connectivity index (χ1v) is 7.83. The second-order valence-electron chi connectivity index (χ2n) is 5.61. The van der Waals surface area contributed by atoms with Crippen LogP contribution in [0.25, 0.3) is 0 Å². The van der Waals surface area contributed by atoms with E-state index >= 15 is 0 Å². The SMILES string of the molecule is CC(CNCc1ccc([N+](=O)[O-])cc1Cl)N1CCCCC1. The van der Waals surface area contributed by atoms with Crippen molar-refractivity contribution in [2.45, 2.75) is 38.8 Å². The minimum absolute atomic E-state index is 0.0328. The third kappa shape index (κ3) is 4.66. The van der Waals surface area contributed by atoms with E-state index in [1.165, 1.54) is 44.5 Å². The highest BCUT2D eigenvalue weighted by atomic mass is 35.5. The zero-order valence-corrected chi connectivity index (χ0v) is 13.1. The van der Waals surface area contributed by atoms with Gasteiger partial charge in [0.1, 0.15) is 0 Å². The van der Waals surface area contributed by atoms with E-state index in [-0.39, 0.29) is 5.69 Å². The number of nitro benzene ring substituents is 1. The summed E-state index contributed by atoms with van der Waals surface area (Å²) < 4.78 is 0. The van der Waals surface area contributed by atoms with Crippen molar-refractivity contribution in [1.82, 2.24) is 10.2 Å². The first kappa shape index (κ1) is 16.2. The zero-order valence-electron chi connectivity index (χ0n) is 12.3. The zero-order chi connectivity index (χ0) is 15.2. The Balaban J connectivity index is 1.81. The maximum Gasteiger partial charge on any atom is 0.270 e. The van der Waals surface area contributed by atoms with E-state index in [1.54, 1.807) is 6.07 Å². The summed E-state index contributed by atoms with van der Waals surface area (Å²) in [5.41, 5.74) is 0.929. The molecule has 2 rings (SSSR count). The molecule has 5 nitrogen and oxygen atoms in total. The summed E-state index contributed by atoms with van der Waals surface area (Å²) >= 11 is 6.08. The Bertz CT molecular complexity index is 490. The summed E-state index contributed by atoms with van der Waals surface area (Å²) in [5, 5.41) is 14.5. The Labute approximate surface area is 130 Å². The molecule has 116 valence electrons. The van der Waals surface area contributed by atoms with Crippen LogP contribution in [0.3, 0.4) is 0 Å². The van der Waals surface area contributed by atoms with Crippen LogP contribution in [0, 0.1) is 10.1 Å². The van der Waals surface area contributed by atoms with Gasteiger partial charge < -0.3 is 5.32 Å². The number of nitro groups is 1. The van der Waals surface area contributed by atoms with E-state index in [0.717, 1.165) is 12.1 Å². The molecule has 1 aromatic carbocycles. The average molecular weight is 312 g/mol. The van der Waals surface area contributed by atoms with Crippen LogP contribution in [-0.4, -0.2) is 35.5 Å². The number of rotatable bonds is 6.